The summed E-state index contributed by atoms with van der Waals surface area (Å²) in [7, 11) is -3.03. The summed E-state index contributed by atoms with van der Waals surface area (Å²) in [6, 6.07) is -0.286. The first kappa shape index (κ1) is 15.7. The van der Waals surface area contributed by atoms with Gasteiger partial charge in [-0.3, -0.25) is 4.79 Å². The Morgan fingerprint density at radius 2 is 2.05 bits per heavy atom. The molecule has 2 amide bonds. The lowest BCUT2D eigenvalue weighted by atomic mass is 10.2. The predicted octanol–water partition coefficient (Wildman–Crippen LogP) is -0.232. The summed E-state index contributed by atoms with van der Waals surface area (Å²) in [5.74, 6) is -0.170. The second-order valence-corrected chi connectivity index (χ2v) is 6.54. The Morgan fingerprint density at radius 3 is 2.53 bits per heavy atom. The highest BCUT2D eigenvalue weighted by molar-refractivity contribution is 7.91. The van der Waals surface area contributed by atoms with Crippen molar-refractivity contribution in [1.29, 1.82) is 0 Å². The molecule has 1 atom stereocenters. The molecule has 0 radical (unpaired) electrons. The van der Waals surface area contributed by atoms with Gasteiger partial charge in [0.2, 0.25) is 5.91 Å². The van der Waals surface area contributed by atoms with E-state index in [0.717, 1.165) is 0 Å². The highest BCUT2D eigenvalue weighted by atomic mass is 32.2. The average Bonchev–Trinajstić information content (AvgIpc) is 2.68. The van der Waals surface area contributed by atoms with E-state index in [1.807, 2.05) is 0 Å². The second-order valence-electron chi connectivity index (χ2n) is 4.31. The largest absolute Gasteiger partial charge is 0.450 e. The molecule has 1 fully saturated rings. The van der Waals surface area contributed by atoms with E-state index in [1.165, 1.54) is 4.90 Å². The summed E-state index contributed by atoms with van der Waals surface area (Å²) in [5.41, 5.74) is 0. The number of rotatable bonds is 5. The molecule has 1 aliphatic heterocycles. The fourth-order valence-corrected chi connectivity index (χ4v) is 3.82. The number of hydrogen-bond acceptors (Lipinski definition) is 5. The number of ether oxygens (including phenoxy) is 1. The van der Waals surface area contributed by atoms with Crippen molar-refractivity contribution in [1.82, 2.24) is 10.2 Å². The van der Waals surface area contributed by atoms with Crippen LogP contribution in [0.15, 0.2) is 0 Å². The number of likely N-dealkylation sites (N-methyl/N-ethyl adjacent to an activating group) is 1. The van der Waals surface area contributed by atoms with Gasteiger partial charge in [0.25, 0.3) is 0 Å². The molecule has 0 bridgehead atoms. The zero-order chi connectivity index (χ0) is 14.5. The molecule has 1 unspecified atom stereocenters. The molecule has 0 aromatic rings. The van der Waals surface area contributed by atoms with Crippen molar-refractivity contribution in [2.75, 3.05) is 31.2 Å². The molecule has 0 aromatic heterocycles. The molecular weight excluding hydrogens is 272 g/mol. The van der Waals surface area contributed by atoms with Gasteiger partial charge in [0.15, 0.2) is 9.84 Å². The van der Waals surface area contributed by atoms with Crippen molar-refractivity contribution in [3.63, 3.8) is 0 Å². The van der Waals surface area contributed by atoms with Gasteiger partial charge in [0.05, 0.1) is 18.1 Å². The van der Waals surface area contributed by atoms with E-state index in [1.54, 1.807) is 13.8 Å². The first-order valence-electron chi connectivity index (χ1n) is 6.30. The van der Waals surface area contributed by atoms with Gasteiger partial charge in [0, 0.05) is 12.6 Å². The number of sulfone groups is 1. The van der Waals surface area contributed by atoms with Crippen molar-refractivity contribution < 1.29 is 22.7 Å². The lowest BCUT2D eigenvalue weighted by Crippen LogP contribution is -2.46. The minimum atomic E-state index is -3.03. The standard InChI is InChI=1S/C11H20N2O5S/c1-3-13(9-5-6-19(16,17)8-9)10(14)7-12-11(15)18-4-2/h9H,3-8H2,1-2H3,(H,12,15). The highest BCUT2D eigenvalue weighted by Crippen LogP contribution is 2.17. The third-order valence-corrected chi connectivity index (χ3v) is 4.72. The smallest absolute Gasteiger partial charge is 0.407 e. The van der Waals surface area contributed by atoms with Crippen LogP contribution in [0.4, 0.5) is 4.79 Å². The van der Waals surface area contributed by atoms with E-state index >= 15 is 0 Å². The van der Waals surface area contributed by atoms with E-state index in [-0.39, 0.29) is 36.6 Å². The topological polar surface area (TPSA) is 92.8 Å². The molecule has 0 saturated carbocycles. The van der Waals surface area contributed by atoms with Crippen LogP contribution in [0.2, 0.25) is 0 Å². The number of amides is 2. The van der Waals surface area contributed by atoms with Crippen molar-refractivity contribution in [3.05, 3.63) is 0 Å². The average molecular weight is 292 g/mol. The summed E-state index contributed by atoms with van der Waals surface area (Å²) >= 11 is 0. The van der Waals surface area contributed by atoms with Gasteiger partial charge in [-0.1, -0.05) is 0 Å². The molecule has 110 valence electrons. The second kappa shape index (κ2) is 6.74. The van der Waals surface area contributed by atoms with Gasteiger partial charge in [0.1, 0.15) is 6.54 Å². The quantitative estimate of drug-likeness (QED) is 0.755. The molecule has 1 N–H and O–H groups in total. The number of nitrogens with zero attached hydrogens (tertiary/aromatic N) is 1. The monoisotopic (exact) mass is 292 g/mol. The molecule has 0 aliphatic carbocycles. The maximum Gasteiger partial charge on any atom is 0.407 e. The number of nitrogens with one attached hydrogen (secondary N) is 1. The van der Waals surface area contributed by atoms with Crippen LogP contribution in [-0.4, -0.2) is 62.6 Å². The first-order valence-corrected chi connectivity index (χ1v) is 8.12. The highest BCUT2D eigenvalue weighted by Gasteiger charge is 2.33. The Labute approximate surface area is 113 Å². The molecule has 1 rings (SSSR count). The number of carbonyl (C=O) groups is 2. The van der Waals surface area contributed by atoms with E-state index < -0.39 is 15.9 Å². The summed E-state index contributed by atoms with van der Waals surface area (Å²) in [4.78, 5) is 24.5. The molecular formula is C11H20N2O5S. The van der Waals surface area contributed by atoms with Crippen LogP contribution in [0.1, 0.15) is 20.3 Å². The van der Waals surface area contributed by atoms with E-state index in [2.05, 4.69) is 10.1 Å². The van der Waals surface area contributed by atoms with Crippen molar-refractivity contribution in [2.24, 2.45) is 0 Å². The summed E-state index contributed by atoms with van der Waals surface area (Å²) in [6.07, 6.45) is -0.188. The van der Waals surface area contributed by atoms with E-state index in [9.17, 15) is 18.0 Å². The van der Waals surface area contributed by atoms with Gasteiger partial charge >= 0.3 is 6.09 Å². The van der Waals surface area contributed by atoms with Crippen LogP contribution >= 0.6 is 0 Å². The van der Waals surface area contributed by atoms with Crippen molar-refractivity contribution in [2.45, 2.75) is 26.3 Å². The minimum Gasteiger partial charge on any atom is -0.450 e. The van der Waals surface area contributed by atoms with Crippen LogP contribution < -0.4 is 5.32 Å². The minimum absolute atomic E-state index is 0.00594. The Morgan fingerprint density at radius 1 is 1.37 bits per heavy atom. The Bertz CT molecular complexity index is 434. The molecule has 7 nitrogen and oxygen atoms in total. The number of alkyl carbamates (subject to hydrolysis) is 1. The summed E-state index contributed by atoms with van der Waals surface area (Å²) in [6.45, 7) is 3.93. The molecule has 1 aliphatic rings. The zero-order valence-electron chi connectivity index (χ0n) is 11.2. The van der Waals surface area contributed by atoms with Crippen molar-refractivity contribution >= 4 is 21.8 Å². The fourth-order valence-electron chi connectivity index (χ4n) is 2.09. The van der Waals surface area contributed by atoms with E-state index in [4.69, 9.17) is 0 Å². The Kier molecular flexibility index (Phi) is 5.59. The fraction of sp³-hybridized carbons (Fsp3) is 0.818. The third-order valence-electron chi connectivity index (χ3n) is 2.97. The molecule has 8 heteroatoms. The summed E-state index contributed by atoms with van der Waals surface area (Å²) in [5, 5.41) is 2.34. The van der Waals surface area contributed by atoms with Crippen LogP contribution in [-0.2, 0) is 19.4 Å². The zero-order valence-corrected chi connectivity index (χ0v) is 12.0. The Hall–Kier alpha value is -1.31. The van der Waals surface area contributed by atoms with Crippen LogP contribution in [0.25, 0.3) is 0 Å². The lowest BCUT2D eigenvalue weighted by molar-refractivity contribution is -0.131. The SMILES string of the molecule is CCOC(=O)NCC(=O)N(CC)C1CCS(=O)(=O)C1. The van der Waals surface area contributed by atoms with Crippen LogP contribution in [0.5, 0.6) is 0 Å². The lowest BCUT2D eigenvalue weighted by Gasteiger charge is -2.26. The Balaban J connectivity index is 2.51. The van der Waals surface area contributed by atoms with E-state index in [0.29, 0.717) is 13.0 Å². The third kappa shape index (κ3) is 4.70. The van der Waals surface area contributed by atoms with Crippen LogP contribution in [0.3, 0.4) is 0 Å². The number of carbonyl (C=O) groups excluding carboxylic acids is 2. The van der Waals surface area contributed by atoms with Gasteiger partial charge in [-0.25, -0.2) is 13.2 Å². The van der Waals surface area contributed by atoms with Gasteiger partial charge in [-0.2, -0.15) is 0 Å². The van der Waals surface area contributed by atoms with Crippen molar-refractivity contribution in [3.8, 4) is 0 Å². The normalized spacial score (nSPS) is 20.8. The predicted molar refractivity (Wildman–Crippen MR) is 69.5 cm³/mol. The van der Waals surface area contributed by atoms with Crippen LogP contribution in [0, 0.1) is 0 Å². The maximum absolute atomic E-state index is 11.9. The first-order chi connectivity index (χ1) is 8.89. The van der Waals surface area contributed by atoms with Gasteiger partial charge in [-0.05, 0) is 20.3 Å². The molecule has 0 spiro atoms. The van der Waals surface area contributed by atoms with Gasteiger partial charge in [-0.15, -0.1) is 0 Å². The van der Waals surface area contributed by atoms with Gasteiger partial charge < -0.3 is 15.0 Å². The molecule has 0 aromatic carbocycles. The number of hydrogen-bond donors (Lipinski definition) is 1. The molecule has 1 heterocycles. The summed E-state index contributed by atoms with van der Waals surface area (Å²) < 4.78 is 27.5. The molecule has 19 heavy (non-hydrogen) atoms. The maximum atomic E-state index is 11.9. The molecule has 1 saturated heterocycles.